The number of aliphatic hydroxyl groups excluding tert-OH is 8. The first-order chi connectivity index (χ1) is 18.5. The molecule has 20 nitrogen and oxygen atoms in total. The van der Waals surface area contributed by atoms with Gasteiger partial charge in [-0.25, -0.2) is 14.4 Å². The fraction of sp³-hybridized carbons (Fsp3) is 0.850. The lowest BCUT2D eigenvalue weighted by Gasteiger charge is -2.47. The summed E-state index contributed by atoms with van der Waals surface area (Å²) < 4.78 is 25.4. The van der Waals surface area contributed by atoms with Crippen LogP contribution in [0.4, 0.5) is 0 Å². The second kappa shape index (κ2) is 12.4. The van der Waals surface area contributed by atoms with Crippen molar-refractivity contribution in [3.05, 3.63) is 0 Å². The predicted octanol–water partition coefficient (Wildman–Crippen LogP) is -7.54. The van der Waals surface area contributed by atoms with E-state index < -0.39 is 123 Å². The monoisotopic (exact) mass is 590 g/mol. The minimum atomic E-state index is -3.21. The lowest BCUT2D eigenvalue weighted by atomic mass is 9.91. The van der Waals surface area contributed by atoms with Crippen molar-refractivity contribution in [1.82, 2.24) is 0 Å². The van der Waals surface area contributed by atoms with Crippen LogP contribution in [-0.2, 0) is 38.1 Å². The Kier molecular flexibility index (Phi) is 10.0. The molecule has 40 heavy (non-hydrogen) atoms. The summed E-state index contributed by atoms with van der Waals surface area (Å²) in [6, 6.07) is 0. The Morgan fingerprint density at radius 1 is 0.750 bits per heavy atom. The average Bonchev–Trinajstić information content (AvgIpc) is 2.88. The molecule has 3 aliphatic rings. The molecule has 0 bridgehead atoms. The first kappa shape index (κ1) is 32.4. The molecule has 0 saturated carbocycles. The molecular weight excluding hydrogens is 560 g/mol. The van der Waals surface area contributed by atoms with Crippen LogP contribution in [0.25, 0.3) is 0 Å². The fourth-order valence-corrected chi connectivity index (χ4v) is 4.41. The van der Waals surface area contributed by atoms with Crippen LogP contribution < -0.4 is 0 Å². The van der Waals surface area contributed by atoms with Crippen molar-refractivity contribution in [3.63, 3.8) is 0 Å². The van der Waals surface area contributed by atoms with Crippen LogP contribution >= 0.6 is 0 Å². The maximum Gasteiger partial charge on any atom is 0.364 e. The molecule has 3 aliphatic heterocycles. The molecule has 230 valence electrons. The highest BCUT2D eigenvalue weighted by atomic mass is 16.7. The Bertz CT molecular complexity index is 932. The van der Waals surface area contributed by atoms with Gasteiger partial charge in [-0.2, -0.15) is 0 Å². The molecule has 3 fully saturated rings. The van der Waals surface area contributed by atoms with Gasteiger partial charge in [-0.15, -0.1) is 0 Å². The van der Waals surface area contributed by atoms with Gasteiger partial charge >= 0.3 is 17.9 Å². The Morgan fingerprint density at radius 3 is 1.68 bits per heavy atom. The van der Waals surface area contributed by atoms with E-state index in [9.17, 15) is 75.7 Å². The number of ether oxygens (including phenoxy) is 5. The zero-order valence-corrected chi connectivity index (χ0v) is 20.1. The van der Waals surface area contributed by atoms with Crippen molar-refractivity contribution in [2.45, 2.75) is 98.0 Å². The van der Waals surface area contributed by atoms with Gasteiger partial charge in [0.2, 0.25) is 0 Å². The van der Waals surface area contributed by atoms with Crippen LogP contribution in [0.3, 0.4) is 0 Å². The summed E-state index contributed by atoms with van der Waals surface area (Å²) in [5, 5.41) is 119. The quantitative estimate of drug-likeness (QED) is 0.119. The van der Waals surface area contributed by atoms with Gasteiger partial charge in [-0.3, -0.25) is 0 Å². The van der Waals surface area contributed by atoms with Crippen molar-refractivity contribution >= 4 is 17.9 Å². The Morgan fingerprint density at radius 2 is 1.23 bits per heavy atom. The second-order valence-electron chi connectivity index (χ2n) is 9.37. The van der Waals surface area contributed by atoms with Crippen LogP contribution in [0.5, 0.6) is 0 Å². The number of carboxylic acids is 3. The van der Waals surface area contributed by atoms with Gasteiger partial charge in [-0.1, -0.05) is 0 Å². The minimum absolute atomic E-state index is 1.12. The molecule has 0 spiro atoms. The van der Waals surface area contributed by atoms with E-state index in [-0.39, 0.29) is 0 Å². The van der Waals surface area contributed by atoms with E-state index >= 15 is 0 Å². The van der Waals surface area contributed by atoms with Gasteiger partial charge in [0, 0.05) is 6.42 Å². The third-order valence-corrected chi connectivity index (χ3v) is 6.65. The molecule has 15 atom stereocenters. The van der Waals surface area contributed by atoms with Crippen LogP contribution in [0.1, 0.15) is 6.42 Å². The van der Waals surface area contributed by atoms with Crippen molar-refractivity contribution in [3.8, 4) is 0 Å². The van der Waals surface area contributed by atoms with Crippen molar-refractivity contribution in [1.29, 1.82) is 0 Å². The maximum atomic E-state index is 11.8. The topological polar surface area (TPSA) is 340 Å². The number of carboxylic acid groups (broad SMARTS) is 3. The molecular formula is C20H30O20. The molecule has 0 aromatic heterocycles. The zero-order chi connectivity index (χ0) is 30.3. The van der Waals surface area contributed by atoms with Crippen LogP contribution in [0.15, 0.2) is 0 Å². The number of rotatable bonds is 9. The molecule has 3 heterocycles. The molecule has 0 aliphatic carbocycles. The molecule has 1 unspecified atom stereocenters. The van der Waals surface area contributed by atoms with E-state index in [4.69, 9.17) is 23.7 Å². The molecule has 0 aromatic carbocycles. The summed E-state index contributed by atoms with van der Waals surface area (Å²) in [6.07, 6.45) is -30.6. The first-order valence-corrected chi connectivity index (χ1v) is 11.6. The predicted molar refractivity (Wildman–Crippen MR) is 114 cm³/mol. The number of carbonyl (C=O) groups is 3. The summed E-state index contributed by atoms with van der Waals surface area (Å²) in [5.74, 6) is -8.84. The minimum Gasteiger partial charge on any atom is -0.479 e. The number of hydrogen-bond donors (Lipinski definition) is 12. The number of aliphatic hydroxyl groups is 9. The van der Waals surface area contributed by atoms with E-state index in [1.165, 1.54) is 0 Å². The summed E-state index contributed by atoms with van der Waals surface area (Å²) in [4.78, 5) is 34.5. The smallest absolute Gasteiger partial charge is 0.364 e. The number of aliphatic carboxylic acids is 3. The van der Waals surface area contributed by atoms with E-state index in [0.29, 0.717) is 0 Å². The van der Waals surface area contributed by atoms with E-state index in [0.717, 1.165) is 0 Å². The third-order valence-electron chi connectivity index (χ3n) is 6.65. The first-order valence-electron chi connectivity index (χ1n) is 11.6. The van der Waals surface area contributed by atoms with E-state index in [1.54, 1.807) is 0 Å². The molecule has 3 saturated heterocycles. The molecule has 0 amide bonds. The fourth-order valence-electron chi connectivity index (χ4n) is 4.41. The largest absolute Gasteiger partial charge is 0.479 e. The van der Waals surface area contributed by atoms with Gasteiger partial charge in [-0.05, 0) is 0 Å². The van der Waals surface area contributed by atoms with Gasteiger partial charge < -0.3 is 85.0 Å². The second-order valence-corrected chi connectivity index (χ2v) is 9.37. The van der Waals surface area contributed by atoms with Gasteiger partial charge in [0.1, 0.15) is 54.9 Å². The highest BCUT2D eigenvalue weighted by Crippen LogP contribution is 2.35. The van der Waals surface area contributed by atoms with Gasteiger partial charge in [0.05, 0.1) is 12.7 Å². The van der Waals surface area contributed by atoms with Gasteiger partial charge in [0.25, 0.3) is 5.79 Å². The highest BCUT2D eigenvalue weighted by Gasteiger charge is 2.57. The highest BCUT2D eigenvalue weighted by molar-refractivity contribution is 5.75. The van der Waals surface area contributed by atoms with Crippen LogP contribution in [0.2, 0.25) is 0 Å². The summed E-state index contributed by atoms with van der Waals surface area (Å²) >= 11 is 0. The lowest BCUT2D eigenvalue weighted by molar-refractivity contribution is -0.365. The molecule has 3 rings (SSSR count). The maximum absolute atomic E-state index is 11.8. The summed E-state index contributed by atoms with van der Waals surface area (Å²) in [7, 11) is 0. The van der Waals surface area contributed by atoms with E-state index in [2.05, 4.69) is 0 Å². The zero-order valence-electron chi connectivity index (χ0n) is 20.1. The Balaban J connectivity index is 1.86. The standard InChI is InChI=1S/C20H30O20/c21-2-4(37-18-11(28)7(24)9(26)14(39-18)16(31)32)12-5(22)3(1-20(35,40-12)19(33)34)36-17-10(27)6(23)8(25)13(38-17)15(29)30/h3-14,17-18,21-28,35H,1-2H2,(H,29,30)(H,31,32)(H,33,34)/t3-,4-,5-,6+,7+,8-,9-,10-,11-,12-,13+,14+,17+,18+,20?/m1/s1. The van der Waals surface area contributed by atoms with E-state index in [1.807, 2.05) is 0 Å². The van der Waals surface area contributed by atoms with Crippen LogP contribution in [0, 0.1) is 0 Å². The van der Waals surface area contributed by atoms with Gasteiger partial charge in [0.15, 0.2) is 24.8 Å². The Labute approximate surface area is 222 Å². The number of hydrogen-bond acceptors (Lipinski definition) is 17. The molecule has 20 heteroatoms. The third kappa shape index (κ3) is 6.19. The summed E-state index contributed by atoms with van der Waals surface area (Å²) in [5.41, 5.74) is 0. The lowest BCUT2D eigenvalue weighted by Crippen LogP contribution is -2.66. The van der Waals surface area contributed by atoms with Crippen molar-refractivity contribution < 1.29 is 99.3 Å². The summed E-state index contributed by atoms with van der Waals surface area (Å²) in [6.45, 7) is -1.19. The molecule has 0 aromatic rings. The van der Waals surface area contributed by atoms with Crippen molar-refractivity contribution in [2.75, 3.05) is 6.61 Å². The van der Waals surface area contributed by atoms with Crippen molar-refractivity contribution in [2.24, 2.45) is 0 Å². The molecule has 12 N–H and O–H groups in total. The Hall–Kier alpha value is -2.15. The van der Waals surface area contributed by atoms with Crippen LogP contribution in [-0.4, -0.2) is 177 Å². The normalized spacial score (nSPS) is 46.9. The molecule has 0 radical (unpaired) electrons. The SMILES string of the molecule is O=C(O)[C@H]1O[C@H](O[C@@H]2CC(O)(C(=O)O)O[C@H]([C@@H](CO)O[C@H]3O[C@H](C(=O)O)[C@H](O)[C@H](O)[C@H]3O)[C@@H]2O)[C@H](O)[C@@H](O)[C@H]1O. The average molecular weight is 590 g/mol.